The van der Waals surface area contributed by atoms with Crippen molar-refractivity contribution in [3.63, 3.8) is 0 Å². The molecule has 0 radical (unpaired) electrons. The van der Waals surface area contributed by atoms with Gasteiger partial charge in [0.25, 0.3) is 5.91 Å². The molecule has 0 aliphatic rings. The molecule has 0 saturated carbocycles. The maximum Gasteiger partial charge on any atom is 0.260 e. The summed E-state index contributed by atoms with van der Waals surface area (Å²) in [4.78, 5) is 23.4. The van der Waals surface area contributed by atoms with E-state index in [1.54, 1.807) is 35.7 Å². The van der Waals surface area contributed by atoms with E-state index in [2.05, 4.69) is 9.97 Å². The highest BCUT2D eigenvalue weighted by molar-refractivity contribution is 7.09. The normalized spacial score (nSPS) is 10.4. The molecule has 0 unspecified atom stereocenters. The maximum atomic E-state index is 12.1. The average molecular weight is 339 g/mol. The molecule has 5 nitrogen and oxygen atoms in total. The Morgan fingerprint density at radius 2 is 1.88 bits per heavy atom. The number of benzene rings is 1. The standard InChI is InChI=1S/C18H17N3O2S/c1-21(12-16-8-5-9-24-16)17(22)13-23-15-10-19-18(20-11-15)14-6-3-2-4-7-14/h2-11H,12-13H2,1H3. The van der Waals surface area contributed by atoms with Gasteiger partial charge in [0.05, 0.1) is 18.9 Å². The predicted octanol–water partition coefficient (Wildman–Crippen LogP) is 3.24. The third kappa shape index (κ3) is 4.17. The van der Waals surface area contributed by atoms with Crippen LogP contribution in [0.4, 0.5) is 0 Å². The molecular weight excluding hydrogens is 322 g/mol. The molecule has 0 aliphatic carbocycles. The molecule has 0 atom stereocenters. The van der Waals surface area contributed by atoms with Crippen LogP contribution in [-0.4, -0.2) is 34.4 Å². The third-order valence-electron chi connectivity index (χ3n) is 3.42. The number of carbonyl (C=O) groups excluding carboxylic acids is 1. The topological polar surface area (TPSA) is 55.3 Å². The number of rotatable bonds is 6. The lowest BCUT2D eigenvalue weighted by atomic mass is 10.2. The molecule has 0 saturated heterocycles. The number of amides is 1. The number of hydrogen-bond donors (Lipinski definition) is 0. The van der Waals surface area contributed by atoms with E-state index in [0.717, 1.165) is 10.4 Å². The van der Waals surface area contributed by atoms with E-state index in [4.69, 9.17) is 4.74 Å². The van der Waals surface area contributed by atoms with Crippen molar-refractivity contribution >= 4 is 17.2 Å². The van der Waals surface area contributed by atoms with Crippen molar-refractivity contribution in [2.75, 3.05) is 13.7 Å². The van der Waals surface area contributed by atoms with Crippen LogP contribution in [0.5, 0.6) is 5.75 Å². The monoisotopic (exact) mass is 339 g/mol. The molecule has 1 aromatic carbocycles. The van der Waals surface area contributed by atoms with Gasteiger partial charge < -0.3 is 9.64 Å². The number of likely N-dealkylation sites (N-methyl/N-ethyl adjacent to an activating group) is 1. The highest BCUT2D eigenvalue weighted by Gasteiger charge is 2.11. The molecule has 122 valence electrons. The molecule has 24 heavy (non-hydrogen) atoms. The first-order chi connectivity index (χ1) is 11.7. The first-order valence-electron chi connectivity index (χ1n) is 7.49. The Morgan fingerprint density at radius 1 is 1.12 bits per heavy atom. The van der Waals surface area contributed by atoms with Crippen LogP contribution >= 0.6 is 11.3 Å². The van der Waals surface area contributed by atoms with Crippen molar-refractivity contribution in [3.05, 3.63) is 65.1 Å². The summed E-state index contributed by atoms with van der Waals surface area (Å²) in [7, 11) is 1.76. The molecular formula is C18H17N3O2S. The van der Waals surface area contributed by atoms with Gasteiger partial charge in [0.1, 0.15) is 0 Å². The van der Waals surface area contributed by atoms with Gasteiger partial charge in [-0.05, 0) is 11.4 Å². The summed E-state index contributed by atoms with van der Waals surface area (Å²) >= 11 is 1.63. The highest BCUT2D eigenvalue weighted by Crippen LogP contribution is 2.16. The van der Waals surface area contributed by atoms with Crippen LogP contribution in [0.2, 0.25) is 0 Å². The molecule has 2 aromatic heterocycles. The number of nitrogens with zero attached hydrogens (tertiary/aromatic N) is 3. The fourth-order valence-corrected chi connectivity index (χ4v) is 2.86. The number of carbonyl (C=O) groups is 1. The Kier molecular flexibility index (Phi) is 5.18. The fraction of sp³-hybridized carbons (Fsp3) is 0.167. The van der Waals surface area contributed by atoms with Crippen LogP contribution in [-0.2, 0) is 11.3 Å². The van der Waals surface area contributed by atoms with E-state index >= 15 is 0 Å². The Morgan fingerprint density at radius 3 is 2.54 bits per heavy atom. The second-order valence-corrected chi connectivity index (χ2v) is 6.26. The Hall–Kier alpha value is -2.73. The van der Waals surface area contributed by atoms with Gasteiger partial charge in [-0.1, -0.05) is 36.4 Å². The largest absolute Gasteiger partial charge is 0.481 e. The van der Waals surface area contributed by atoms with E-state index in [9.17, 15) is 4.79 Å². The SMILES string of the molecule is CN(Cc1cccs1)C(=O)COc1cnc(-c2ccccc2)nc1. The minimum atomic E-state index is -0.0875. The van der Waals surface area contributed by atoms with Crippen molar-refractivity contribution in [3.8, 4) is 17.1 Å². The number of thiophene rings is 1. The van der Waals surface area contributed by atoms with E-state index in [0.29, 0.717) is 18.1 Å². The predicted molar refractivity (Wildman–Crippen MR) is 93.8 cm³/mol. The van der Waals surface area contributed by atoms with Gasteiger partial charge in [-0.15, -0.1) is 11.3 Å². The van der Waals surface area contributed by atoms with Crippen LogP contribution in [0.1, 0.15) is 4.88 Å². The lowest BCUT2D eigenvalue weighted by molar-refractivity contribution is -0.132. The Labute approximate surface area is 144 Å². The van der Waals surface area contributed by atoms with Gasteiger partial charge in [0.2, 0.25) is 0 Å². The third-order valence-corrected chi connectivity index (χ3v) is 4.28. The zero-order valence-electron chi connectivity index (χ0n) is 13.3. The smallest absolute Gasteiger partial charge is 0.260 e. The molecule has 0 aliphatic heterocycles. The summed E-state index contributed by atoms with van der Waals surface area (Å²) in [6.07, 6.45) is 3.17. The lowest BCUT2D eigenvalue weighted by Crippen LogP contribution is -2.30. The summed E-state index contributed by atoms with van der Waals surface area (Å²) in [5.41, 5.74) is 0.941. The van der Waals surface area contributed by atoms with Gasteiger partial charge in [-0.25, -0.2) is 9.97 Å². The molecule has 1 amide bonds. The maximum absolute atomic E-state index is 12.1. The van der Waals surface area contributed by atoms with Crippen LogP contribution < -0.4 is 4.74 Å². The summed E-state index contributed by atoms with van der Waals surface area (Å²) < 4.78 is 5.49. The fourth-order valence-electron chi connectivity index (χ4n) is 2.11. The Bertz CT molecular complexity index is 774. The molecule has 6 heteroatoms. The first kappa shape index (κ1) is 16.1. The summed E-state index contributed by atoms with van der Waals surface area (Å²) in [5.74, 6) is 1.02. The number of hydrogen-bond acceptors (Lipinski definition) is 5. The molecule has 3 aromatic rings. The highest BCUT2D eigenvalue weighted by atomic mass is 32.1. The second-order valence-electron chi connectivity index (χ2n) is 5.23. The first-order valence-corrected chi connectivity index (χ1v) is 8.37. The van der Waals surface area contributed by atoms with E-state index < -0.39 is 0 Å². The summed E-state index contributed by atoms with van der Waals surface area (Å²) in [6.45, 7) is 0.555. The van der Waals surface area contributed by atoms with Gasteiger partial charge in [0.15, 0.2) is 18.2 Å². The van der Waals surface area contributed by atoms with Gasteiger partial charge in [-0.3, -0.25) is 4.79 Å². The van der Waals surface area contributed by atoms with Crippen molar-refractivity contribution < 1.29 is 9.53 Å². The van der Waals surface area contributed by atoms with Gasteiger partial charge >= 0.3 is 0 Å². The summed E-state index contributed by atoms with van der Waals surface area (Å²) in [6, 6.07) is 13.7. The van der Waals surface area contributed by atoms with Crippen LogP contribution in [0.3, 0.4) is 0 Å². The van der Waals surface area contributed by atoms with Crippen LogP contribution in [0.25, 0.3) is 11.4 Å². The van der Waals surface area contributed by atoms with Crippen molar-refractivity contribution in [2.45, 2.75) is 6.54 Å². The average Bonchev–Trinajstić information content (AvgIpc) is 3.14. The number of aromatic nitrogens is 2. The quantitative estimate of drug-likeness (QED) is 0.692. The molecule has 0 fully saturated rings. The van der Waals surface area contributed by atoms with Crippen molar-refractivity contribution in [1.82, 2.24) is 14.9 Å². The van der Waals surface area contributed by atoms with Crippen LogP contribution in [0, 0.1) is 0 Å². The zero-order valence-corrected chi connectivity index (χ0v) is 14.1. The molecule has 0 N–H and O–H groups in total. The van der Waals surface area contributed by atoms with Crippen molar-refractivity contribution in [2.24, 2.45) is 0 Å². The second kappa shape index (κ2) is 7.70. The summed E-state index contributed by atoms with van der Waals surface area (Å²) in [5, 5.41) is 2.00. The van der Waals surface area contributed by atoms with E-state index in [1.807, 2.05) is 47.8 Å². The lowest BCUT2D eigenvalue weighted by Gasteiger charge is -2.16. The molecule has 2 heterocycles. The number of ether oxygens (including phenoxy) is 1. The minimum Gasteiger partial charge on any atom is -0.481 e. The van der Waals surface area contributed by atoms with Crippen molar-refractivity contribution in [1.29, 1.82) is 0 Å². The van der Waals surface area contributed by atoms with Crippen LogP contribution in [0.15, 0.2) is 60.2 Å². The minimum absolute atomic E-state index is 0.0318. The molecule has 0 spiro atoms. The van der Waals surface area contributed by atoms with Gasteiger partial charge in [0, 0.05) is 17.5 Å². The van der Waals surface area contributed by atoms with Gasteiger partial charge in [-0.2, -0.15) is 0 Å². The van der Waals surface area contributed by atoms with E-state index in [1.165, 1.54) is 0 Å². The molecule has 3 rings (SSSR count). The molecule has 0 bridgehead atoms. The van der Waals surface area contributed by atoms with E-state index in [-0.39, 0.29) is 12.5 Å². The zero-order chi connectivity index (χ0) is 16.8. The Balaban J connectivity index is 1.54.